The second-order valence-electron chi connectivity index (χ2n) is 6.10. The van der Waals surface area contributed by atoms with Gasteiger partial charge in [-0.3, -0.25) is 0 Å². The molecule has 0 amide bonds. The van der Waals surface area contributed by atoms with Crippen LogP contribution >= 0.6 is 15.9 Å². The highest BCUT2D eigenvalue weighted by atomic mass is 79.9. The van der Waals surface area contributed by atoms with Crippen molar-refractivity contribution in [3.8, 4) is 0 Å². The summed E-state index contributed by atoms with van der Waals surface area (Å²) in [6, 6.07) is 5.20. The Balaban J connectivity index is 2.56. The van der Waals surface area contributed by atoms with Crippen molar-refractivity contribution < 1.29 is 18.3 Å². The zero-order valence-electron chi connectivity index (χ0n) is 10.8. The molecular formula is C14H16BrF3O. The Kier molecular flexibility index (Phi) is 3.51. The molecule has 0 fully saturated rings. The van der Waals surface area contributed by atoms with Gasteiger partial charge in [-0.25, -0.2) is 0 Å². The van der Waals surface area contributed by atoms with E-state index in [9.17, 15) is 18.3 Å². The Hall–Kier alpha value is -0.550. The molecule has 1 unspecified atom stereocenters. The van der Waals surface area contributed by atoms with E-state index in [-0.39, 0.29) is 12.8 Å². The van der Waals surface area contributed by atoms with E-state index in [2.05, 4.69) is 15.9 Å². The van der Waals surface area contributed by atoms with E-state index in [4.69, 9.17) is 0 Å². The Labute approximate surface area is 119 Å². The number of hydrogen-bond acceptors (Lipinski definition) is 1. The molecular weight excluding hydrogens is 321 g/mol. The van der Waals surface area contributed by atoms with Gasteiger partial charge in [0.1, 0.15) is 0 Å². The molecule has 0 bridgehead atoms. The van der Waals surface area contributed by atoms with Crippen molar-refractivity contribution in [2.45, 2.75) is 44.9 Å². The van der Waals surface area contributed by atoms with Crippen molar-refractivity contribution in [1.29, 1.82) is 0 Å². The van der Waals surface area contributed by atoms with Crippen LogP contribution < -0.4 is 0 Å². The number of aliphatic hydroxyl groups is 1. The van der Waals surface area contributed by atoms with Crippen LogP contribution in [0.2, 0.25) is 0 Å². The smallest absolute Gasteiger partial charge is 0.380 e. The Morgan fingerprint density at radius 2 is 1.84 bits per heavy atom. The Bertz CT molecular complexity index is 496. The van der Waals surface area contributed by atoms with Crippen LogP contribution in [-0.4, -0.2) is 16.9 Å². The van der Waals surface area contributed by atoms with Crippen LogP contribution in [0, 0.1) is 5.41 Å². The van der Waals surface area contributed by atoms with Gasteiger partial charge in [0.05, 0.1) is 0 Å². The van der Waals surface area contributed by atoms with Gasteiger partial charge in [0.25, 0.3) is 0 Å². The van der Waals surface area contributed by atoms with Gasteiger partial charge in [-0.2, -0.15) is 13.2 Å². The monoisotopic (exact) mass is 336 g/mol. The van der Waals surface area contributed by atoms with Crippen LogP contribution in [0.15, 0.2) is 22.7 Å². The summed E-state index contributed by atoms with van der Waals surface area (Å²) in [7, 11) is 0. The van der Waals surface area contributed by atoms with Crippen molar-refractivity contribution >= 4 is 15.9 Å². The van der Waals surface area contributed by atoms with Gasteiger partial charge in [-0.15, -0.1) is 0 Å². The lowest BCUT2D eigenvalue weighted by molar-refractivity contribution is -0.268. The average molecular weight is 337 g/mol. The summed E-state index contributed by atoms with van der Waals surface area (Å²) in [5, 5.41) is 10.1. The third-order valence-corrected chi connectivity index (χ3v) is 4.40. The summed E-state index contributed by atoms with van der Waals surface area (Å²) in [6.45, 7) is 3.52. The number of halogens is 4. The second kappa shape index (κ2) is 4.48. The highest BCUT2D eigenvalue weighted by Crippen LogP contribution is 2.47. The molecule has 0 heterocycles. The van der Waals surface area contributed by atoms with Gasteiger partial charge in [-0.05, 0) is 35.4 Å². The lowest BCUT2D eigenvalue weighted by Crippen LogP contribution is -2.49. The maximum Gasteiger partial charge on any atom is 0.417 e. The zero-order chi connectivity index (χ0) is 14.5. The van der Waals surface area contributed by atoms with Gasteiger partial charge < -0.3 is 5.11 Å². The van der Waals surface area contributed by atoms with Crippen molar-refractivity contribution in [3.05, 3.63) is 33.8 Å². The summed E-state index contributed by atoms with van der Waals surface area (Å²) < 4.78 is 40.4. The fourth-order valence-corrected chi connectivity index (χ4v) is 3.43. The van der Waals surface area contributed by atoms with Crippen LogP contribution in [0.4, 0.5) is 13.2 Å². The van der Waals surface area contributed by atoms with E-state index < -0.39 is 17.2 Å². The first-order chi connectivity index (χ1) is 8.54. The van der Waals surface area contributed by atoms with Gasteiger partial charge >= 0.3 is 6.18 Å². The van der Waals surface area contributed by atoms with Crippen LogP contribution in [-0.2, 0) is 12.8 Å². The lowest BCUT2D eigenvalue weighted by atomic mass is 9.78. The minimum atomic E-state index is -4.62. The third-order valence-electron chi connectivity index (χ3n) is 3.65. The van der Waals surface area contributed by atoms with Gasteiger partial charge in [0.2, 0.25) is 0 Å². The third kappa shape index (κ3) is 2.82. The minimum Gasteiger partial charge on any atom is -0.380 e. The summed E-state index contributed by atoms with van der Waals surface area (Å²) in [6.07, 6.45) is -4.77. The predicted octanol–water partition coefficient (Wildman–Crippen LogP) is 4.26. The number of rotatable bonds is 0. The first-order valence-corrected chi connectivity index (χ1v) is 6.89. The van der Waals surface area contributed by atoms with Crippen LogP contribution in [0.25, 0.3) is 0 Å². The Morgan fingerprint density at radius 1 is 1.21 bits per heavy atom. The van der Waals surface area contributed by atoms with Crippen molar-refractivity contribution in [2.24, 2.45) is 5.41 Å². The maximum absolute atomic E-state index is 13.2. The largest absolute Gasteiger partial charge is 0.417 e. The molecule has 106 valence electrons. The van der Waals surface area contributed by atoms with Gasteiger partial charge in [0.15, 0.2) is 5.60 Å². The van der Waals surface area contributed by atoms with Crippen LogP contribution in [0.5, 0.6) is 0 Å². The first kappa shape index (κ1) is 14.9. The van der Waals surface area contributed by atoms with E-state index in [0.29, 0.717) is 12.0 Å². The molecule has 0 saturated carbocycles. The quantitative estimate of drug-likeness (QED) is 0.702. The first-order valence-electron chi connectivity index (χ1n) is 6.09. The molecule has 1 aliphatic carbocycles. The highest BCUT2D eigenvalue weighted by Gasteiger charge is 2.56. The fourth-order valence-electron chi connectivity index (χ4n) is 2.88. The van der Waals surface area contributed by atoms with Crippen LogP contribution in [0.1, 0.15) is 31.4 Å². The lowest BCUT2D eigenvalue weighted by Gasteiger charge is -2.35. The van der Waals surface area contributed by atoms with Crippen molar-refractivity contribution in [3.63, 3.8) is 0 Å². The van der Waals surface area contributed by atoms with E-state index in [1.54, 1.807) is 26.0 Å². The number of fused-ring (bicyclic) bond motifs is 1. The molecule has 0 radical (unpaired) electrons. The topological polar surface area (TPSA) is 20.2 Å². The fraction of sp³-hybridized carbons (Fsp3) is 0.571. The average Bonchev–Trinajstić information content (AvgIpc) is 2.31. The predicted molar refractivity (Wildman–Crippen MR) is 71.0 cm³/mol. The zero-order valence-corrected chi connectivity index (χ0v) is 12.4. The summed E-state index contributed by atoms with van der Waals surface area (Å²) in [4.78, 5) is 0. The molecule has 1 N–H and O–H groups in total. The van der Waals surface area contributed by atoms with Crippen molar-refractivity contribution in [2.75, 3.05) is 0 Å². The minimum absolute atomic E-state index is 0.287. The van der Waals surface area contributed by atoms with Gasteiger partial charge in [-0.1, -0.05) is 41.9 Å². The number of alkyl halides is 3. The second-order valence-corrected chi connectivity index (χ2v) is 6.96. The molecule has 1 nitrogen and oxygen atoms in total. The molecule has 0 saturated heterocycles. The van der Waals surface area contributed by atoms with E-state index >= 15 is 0 Å². The number of benzene rings is 1. The molecule has 0 aliphatic heterocycles. The molecule has 2 rings (SSSR count). The Morgan fingerprint density at radius 3 is 2.42 bits per heavy atom. The summed E-state index contributed by atoms with van der Waals surface area (Å²) in [5.74, 6) is 0. The molecule has 5 heteroatoms. The SMILES string of the molecule is CC1(C)Cc2c(Br)cccc2CC(O)(C(F)(F)F)C1. The maximum atomic E-state index is 13.2. The molecule has 1 aromatic carbocycles. The molecule has 1 aromatic rings. The highest BCUT2D eigenvalue weighted by molar-refractivity contribution is 9.10. The number of hydrogen-bond donors (Lipinski definition) is 1. The van der Waals surface area contributed by atoms with E-state index in [0.717, 1.165) is 10.0 Å². The molecule has 0 aromatic heterocycles. The molecule has 0 spiro atoms. The molecule has 1 aliphatic rings. The standard InChI is InChI=1S/C14H16BrF3O/c1-12(2)7-10-9(4-3-5-11(10)15)6-13(19,8-12)14(16,17)18/h3-5,19H,6-8H2,1-2H3. The normalized spacial score (nSPS) is 26.7. The summed E-state index contributed by atoms with van der Waals surface area (Å²) in [5.41, 5.74) is -1.82. The van der Waals surface area contributed by atoms with Crippen LogP contribution in [0.3, 0.4) is 0 Å². The van der Waals surface area contributed by atoms with E-state index in [1.807, 2.05) is 6.07 Å². The van der Waals surface area contributed by atoms with Crippen molar-refractivity contribution in [1.82, 2.24) is 0 Å². The molecule has 1 atom stereocenters. The van der Waals surface area contributed by atoms with Gasteiger partial charge in [0, 0.05) is 10.9 Å². The molecule has 19 heavy (non-hydrogen) atoms. The summed E-state index contributed by atoms with van der Waals surface area (Å²) >= 11 is 3.39. The van der Waals surface area contributed by atoms with E-state index in [1.165, 1.54) is 0 Å².